The third kappa shape index (κ3) is 1.31. The summed E-state index contributed by atoms with van der Waals surface area (Å²) in [6.07, 6.45) is 2.69. The second-order valence-corrected chi connectivity index (χ2v) is 2.33. The molecule has 0 heterocycles. The van der Waals surface area contributed by atoms with Crippen LogP contribution in [0, 0.1) is 0 Å². The molecule has 0 atom stereocenters. The van der Waals surface area contributed by atoms with Crippen molar-refractivity contribution < 1.29 is 4.39 Å². The van der Waals surface area contributed by atoms with Gasteiger partial charge < -0.3 is 5.73 Å². The zero-order chi connectivity index (χ0) is 6.85. The van der Waals surface area contributed by atoms with E-state index in [1.165, 1.54) is 6.08 Å². The van der Waals surface area contributed by atoms with E-state index < -0.39 is 0 Å². The maximum Gasteiger partial charge on any atom is 0.102 e. The molecular formula is C7H10FN. The molecule has 0 saturated carbocycles. The van der Waals surface area contributed by atoms with Gasteiger partial charge in [-0.25, -0.2) is 4.39 Å². The van der Waals surface area contributed by atoms with Crippen molar-refractivity contribution in [3.8, 4) is 0 Å². The van der Waals surface area contributed by atoms with Crippen molar-refractivity contribution in [2.45, 2.75) is 19.8 Å². The van der Waals surface area contributed by atoms with Gasteiger partial charge in [0.05, 0.1) is 0 Å². The van der Waals surface area contributed by atoms with E-state index in [4.69, 9.17) is 5.73 Å². The lowest BCUT2D eigenvalue weighted by Crippen LogP contribution is -2.02. The van der Waals surface area contributed by atoms with Gasteiger partial charge in [-0.05, 0) is 25.0 Å². The van der Waals surface area contributed by atoms with Gasteiger partial charge in [0.2, 0.25) is 0 Å². The van der Waals surface area contributed by atoms with Crippen LogP contribution in [0.5, 0.6) is 0 Å². The molecule has 0 aromatic heterocycles. The van der Waals surface area contributed by atoms with Crippen LogP contribution in [-0.4, -0.2) is 0 Å². The van der Waals surface area contributed by atoms with Gasteiger partial charge in [0.1, 0.15) is 5.83 Å². The minimum atomic E-state index is -0.0990. The molecule has 0 amide bonds. The minimum absolute atomic E-state index is 0.0990. The molecular weight excluding hydrogens is 117 g/mol. The van der Waals surface area contributed by atoms with Crippen molar-refractivity contribution in [3.05, 3.63) is 23.2 Å². The van der Waals surface area contributed by atoms with Crippen molar-refractivity contribution in [3.63, 3.8) is 0 Å². The zero-order valence-corrected chi connectivity index (χ0v) is 5.45. The first-order chi connectivity index (χ1) is 4.20. The Balaban J connectivity index is 2.83. The topological polar surface area (TPSA) is 26.0 Å². The van der Waals surface area contributed by atoms with E-state index in [9.17, 15) is 4.39 Å². The molecule has 0 bridgehead atoms. The standard InChI is InChI=1S/C7H10FN/c1-5-2-3-6(8)4-7(5)9/h4H,2-3,9H2,1H3. The van der Waals surface area contributed by atoms with Gasteiger partial charge in [-0.15, -0.1) is 0 Å². The van der Waals surface area contributed by atoms with E-state index >= 15 is 0 Å². The van der Waals surface area contributed by atoms with E-state index in [1.54, 1.807) is 0 Å². The third-order valence-electron chi connectivity index (χ3n) is 1.54. The Labute approximate surface area is 54.0 Å². The molecule has 0 aromatic rings. The van der Waals surface area contributed by atoms with E-state index in [-0.39, 0.29) is 5.83 Å². The molecule has 9 heavy (non-hydrogen) atoms. The van der Waals surface area contributed by atoms with Crippen molar-refractivity contribution in [1.82, 2.24) is 0 Å². The van der Waals surface area contributed by atoms with E-state index in [2.05, 4.69) is 0 Å². The monoisotopic (exact) mass is 127 g/mol. The van der Waals surface area contributed by atoms with Crippen LogP contribution in [0.25, 0.3) is 0 Å². The maximum absolute atomic E-state index is 12.4. The molecule has 0 spiro atoms. The van der Waals surface area contributed by atoms with Crippen LogP contribution in [0.15, 0.2) is 23.2 Å². The van der Waals surface area contributed by atoms with Crippen molar-refractivity contribution in [2.75, 3.05) is 0 Å². The van der Waals surface area contributed by atoms with Gasteiger partial charge in [0.15, 0.2) is 0 Å². The van der Waals surface area contributed by atoms with Gasteiger partial charge in [0.25, 0.3) is 0 Å². The Morgan fingerprint density at radius 1 is 1.56 bits per heavy atom. The second kappa shape index (κ2) is 2.21. The number of hydrogen-bond donors (Lipinski definition) is 1. The number of allylic oxidation sites excluding steroid dienone is 3. The first-order valence-electron chi connectivity index (χ1n) is 3.01. The Bertz CT molecular complexity index is 179. The summed E-state index contributed by atoms with van der Waals surface area (Å²) in [6, 6.07) is 0. The van der Waals surface area contributed by atoms with Gasteiger partial charge in [-0.3, -0.25) is 0 Å². The molecule has 1 nitrogen and oxygen atoms in total. The average molecular weight is 127 g/mol. The van der Waals surface area contributed by atoms with Crippen LogP contribution in [0.3, 0.4) is 0 Å². The number of rotatable bonds is 0. The Kier molecular flexibility index (Phi) is 1.56. The molecule has 2 N–H and O–H groups in total. The first-order valence-corrected chi connectivity index (χ1v) is 3.01. The molecule has 0 aromatic carbocycles. The summed E-state index contributed by atoms with van der Waals surface area (Å²) < 4.78 is 12.4. The molecule has 1 rings (SSSR count). The van der Waals surface area contributed by atoms with Crippen LogP contribution in [-0.2, 0) is 0 Å². The fourth-order valence-corrected chi connectivity index (χ4v) is 0.815. The van der Waals surface area contributed by atoms with Crippen LogP contribution < -0.4 is 5.73 Å². The molecule has 0 fully saturated rings. The highest BCUT2D eigenvalue weighted by Crippen LogP contribution is 2.20. The molecule has 0 unspecified atom stereocenters. The van der Waals surface area contributed by atoms with Gasteiger partial charge in [0, 0.05) is 12.1 Å². The smallest absolute Gasteiger partial charge is 0.102 e. The third-order valence-corrected chi connectivity index (χ3v) is 1.54. The van der Waals surface area contributed by atoms with E-state index in [0.29, 0.717) is 12.1 Å². The second-order valence-electron chi connectivity index (χ2n) is 2.33. The van der Waals surface area contributed by atoms with Crippen LogP contribution in [0.1, 0.15) is 19.8 Å². The maximum atomic E-state index is 12.4. The van der Waals surface area contributed by atoms with E-state index in [0.717, 1.165) is 12.0 Å². The summed E-state index contributed by atoms with van der Waals surface area (Å²) in [7, 11) is 0. The SMILES string of the molecule is CC1=C(N)C=C(F)CC1. The van der Waals surface area contributed by atoms with Crippen LogP contribution in [0.4, 0.5) is 4.39 Å². The average Bonchev–Trinajstić information content (AvgIpc) is 1.80. The molecule has 50 valence electrons. The zero-order valence-electron chi connectivity index (χ0n) is 5.45. The largest absolute Gasteiger partial charge is 0.399 e. The first kappa shape index (κ1) is 6.33. The molecule has 1 aliphatic rings. The van der Waals surface area contributed by atoms with Crippen molar-refractivity contribution in [1.29, 1.82) is 0 Å². The van der Waals surface area contributed by atoms with Crippen LogP contribution in [0.2, 0.25) is 0 Å². The summed E-state index contributed by atoms with van der Waals surface area (Å²) >= 11 is 0. The Hall–Kier alpha value is -0.790. The quantitative estimate of drug-likeness (QED) is 0.528. The minimum Gasteiger partial charge on any atom is -0.399 e. The van der Waals surface area contributed by atoms with Gasteiger partial charge in [-0.2, -0.15) is 0 Å². The summed E-state index contributed by atoms with van der Waals surface area (Å²) in [6.45, 7) is 1.93. The normalized spacial score (nSPS) is 20.0. The summed E-state index contributed by atoms with van der Waals surface area (Å²) in [5.74, 6) is -0.0990. The van der Waals surface area contributed by atoms with Gasteiger partial charge in [-0.1, -0.05) is 0 Å². The summed E-state index contributed by atoms with van der Waals surface area (Å²) in [5.41, 5.74) is 7.12. The lowest BCUT2D eigenvalue weighted by atomic mass is 10.0. The van der Waals surface area contributed by atoms with Crippen molar-refractivity contribution in [2.24, 2.45) is 5.73 Å². The highest BCUT2D eigenvalue weighted by molar-refractivity contribution is 5.27. The number of hydrogen-bond acceptors (Lipinski definition) is 1. The lowest BCUT2D eigenvalue weighted by molar-refractivity contribution is 0.578. The van der Waals surface area contributed by atoms with E-state index in [1.807, 2.05) is 6.92 Å². The summed E-state index contributed by atoms with van der Waals surface area (Å²) in [4.78, 5) is 0. The predicted octanol–water partition coefficient (Wildman–Crippen LogP) is 1.87. The fraction of sp³-hybridized carbons (Fsp3) is 0.429. The fourth-order valence-electron chi connectivity index (χ4n) is 0.815. The lowest BCUT2D eigenvalue weighted by Gasteiger charge is -2.08. The molecule has 0 radical (unpaired) electrons. The molecule has 1 aliphatic carbocycles. The summed E-state index contributed by atoms with van der Waals surface area (Å²) in [5, 5.41) is 0. The Morgan fingerprint density at radius 3 is 2.67 bits per heavy atom. The molecule has 2 heteroatoms. The van der Waals surface area contributed by atoms with Gasteiger partial charge >= 0.3 is 0 Å². The Morgan fingerprint density at radius 2 is 2.22 bits per heavy atom. The highest BCUT2D eigenvalue weighted by atomic mass is 19.1. The molecule has 0 saturated heterocycles. The number of halogens is 1. The van der Waals surface area contributed by atoms with Crippen molar-refractivity contribution >= 4 is 0 Å². The molecule has 0 aliphatic heterocycles. The van der Waals surface area contributed by atoms with Crippen LogP contribution >= 0.6 is 0 Å². The predicted molar refractivity (Wildman–Crippen MR) is 35.3 cm³/mol. The number of nitrogens with two attached hydrogens (primary N) is 1. The highest BCUT2D eigenvalue weighted by Gasteiger charge is 2.05.